The first-order valence-electron chi connectivity index (χ1n) is 6.91. The normalized spacial score (nSPS) is 25.2. The zero-order valence-corrected chi connectivity index (χ0v) is 12.1. The molecule has 0 aromatic heterocycles. The molecule has 1 fully saturated rings. The van der Waals surface area contributed by atoms with Crippen LogP contribution in [0.5, 0.6) is 0 Å². The fourth-order valence-electron chi connectivity index (χ4n) is 2.51. The van der Waals surface area contributed by atoms with Crippen LogP contribution in [-0.2, 0) is 9.53 Å². The first kappa shape index (κ1) is 14.9. The van der Waals surface area contributed by atoms with Gasteiger partial charge in [-0.1, -0.05) is 6.07 Å². The van der Waals surface area contributed by atoms with E-state index in [0.717, 1.165) is 13.1 Å². The van der Waals surface area contributed by atoms with Gasteiger partial charge in [0.2, 0.25) is 5.91 Å². The molecule has 2 rings (SSSR count). The lowest BCUT2D eigenvalue weighted by molar-refractivity contribution is -0.126. The molecule has 1 N–H and O–H groups in total. The molecule has 5 heteroatoms. The van der Waals surface area contributed by atoms with E-state index in [-0.39, 0.29) is 30.0 Å². The minimum absolute atomic E-state index is 0.114. The molecule has 1 saturated heterocycles. The first-order chi connectivity index (χ1) is 9.45. The van der Waals surface area contributed by atoms with Crippen molar-refractivity contribution in [1.29, 1.82) is 0 Å². The Balaban J connectivity index is 1.98. The molecule has 1 aliphatic heterocycles. The zero-order chi connectivity index (χ0) is 14.7. The number of hydrogen-bond acceptors (Lipinski definition) is 3. The summed E-state index contributed by atoms with van der Waals surface area (Å²) in [6.07, 6.45) is 0.228. The van der Waals surface area contributed by atoms with Crippen LogP contribution >= 0.6 is 0 Å². The predicted octanol–water partition coefficient (Wildman–Crippen LogP) is 2.26. The lowest BCUT2D eigenvalue weighted by atomic mass is 10.1. The van der Waals surface area contributed by atoms with E-state index in [4.69, 9.17) is 4.74 Å². The maximum atomic E-state index is 13.1. The fraction of sp³-hybridized carbons (Fsp3) is 0.533. The smallest absolute Gasteiger partial charge is 0.241 e. The predicted molar refractivity (Wildman–Crippen MR) is 76.1 cm³/mol. The highest BCUT2D eigenvalue weighted by atomic mass is 19.1. The summed E-state index contributed by atoms with van der Waals surface area (Å²) in [6.45, 7) is 7.31. The number of carbonyl (C=O) groups excluding carboxylic acids is 1. The maximum absolute atomic E-state index is 13.1. The molecular weight excluding hydrogens is 259 g/mol. The van der Waals surface area contributed by atoms with Gasteiger partial charge in [-0.15, -0.1) is 0 Å². The van der Waals surface area contributed by atoms with Gasteiger partial charge >= 0.3 is 0 Å². The van der Waals surface area contributed by atoms with E-state index >= 15 is 0 Å². The van der Waals surface area contributed by atoms with Crippen molar-refractivity contribution in [3.8, 4) is 0 Å². The molecule has 1 aromatic carbocycles. The van der Waals surface area contributed by atoms with Crippen molar-refractivity contribution in [2.24, 2.45) is 0 Å². The number of rotatable bonds is 3. The van der Waals surface area contributed by atoms with Gasteiger partial charge < -0.3 is 10.1 Å². The molecule has 0 radical (unpaired) electrons. The van der Waals surface area contributed by atoms with E-state index in [1.54, 1.807) is 12.1 Å². The molecule has 3 atom stereocenters. The van der Waals surface area contributed by atoms with Gasteiger partial charge in [-0.05, 0) is 39.0 Å². The SMILES string of the molecule is C[C@@H]1CN([C@@H](C)C(=O)Nc2cccc(F)c2)C[C@@H](C)O1. The van der Waals surface area contributed by atoms with Crippen molar-refractivity contribution in [1.82, 2.24) is 4.90 Å². The minimum Gasteiger partial charge on any atom is -0.373 e. The molecule has 4 nitrogen and oxygen atoms in total. The summed E-state index contributed by atoms with van der Waals surface area (Å²) < 4.78 is 18.8. The van der Waals surface area contributed by atoms with Gasteiger partial charge in [0.25, 0.3) is 0 Å². The van der Waals surface area contributed by atoms with Gasteiger partial charge in [0.15, 0.2) is 0 Å². The largest absolute Gasteiger partial charge is 0.373 e. The standard InChI is InChI=1S/C15H21FN2O2/c1-10-8-18(9-11(2)20-10)12(3)15(19)17-14-6-4-5-13(16)7-14/h4-7,10-12H,8-9H2,1-3H3,(H,17,19)/t10-,11-,12+/m1/s1. The highest BCUT2D eigenvalue weighted by Gasteiger charge is 2.29. The lowest BCUT2D eigenvalue weighted by Gasteiger charge is -2.38. The van der Waals surface area contributed by atoms with Crippen LogP contribution in [0.2, 0.25) is 0 Å². The van der Waals surface area contributed by atoms with Crippen molar-refractivity contribution >= 4 is 11.6 Å². The van der Waals surface area contributed by atoms with Crippen LogP contribution in [0.4, 0.5) is 10.1 Å². The van der Waals surface area contributed by atoms with Crippen LogP contribution in [0.25, 0.3) is 0 Å². The Bertz CT molecular complexity index is 471. The van der Waals surface area contributed by atoms with Gasteiger partial charge in [0.05, 0.1) is 18.2 Å². The van der Waals surface area contributed by atoms with Gasteiger partial charge in [-0.2, -0.15) is 0 Å². The number of nitrogens with one attached hydrogen (secondary N) is 1. The van der Waals surface area contributed by atoms with Crippen LogP contribution in [0.3, 0.4) is 0 Å². The quantitative estimate of drug-likeness (QED) is 0.923. The van der Waals surface area contributed by atoms with Crippen LogP contribution in [-0.4, -0.2) is 42.1 Å². The summed E-state index contributed by atoms with van der Waals surface area (Å²) in [5.74, 6) is -0.485. The second-order valence-electron chi connectivity index (χ2n) is 5.39. The summed E-state index contributed by atoms with van der Waals surface area (Å²) >= 11 is 0. The molecule has 1 aromatic rings. The van der Waals surface area contributed by atoms with Crippen molar-refractivity contribution in [2.45, 2.75) is 39.0 Å². The third-order valence-electron chi connectivity index (χ3n) is 3.47. The Morgan fingerprint density at radius 3 is 2.65 bits per heavy atom. The van der Waals surface area contributed by atoms with E-state index in [2.05, 4.69) is 10.2 Å². The molecule has 1 heterocycles. The minimum atomic E-state index is -0.357. The number of hydrogen-bond donors (Lipinski definition) is 1. The molecule has 0 spiro atoms. The summed E-state index contributed by atoms with van der Waals surface area (Å²) in [5.41, 5.74) is 0.483. The van der Waals surface area contributed by atoms with Crippen molar-refractivity contribution < 1.29 is 13.9 Å². The third-order valence-corrected chi connectivity index (χ3v) is 3.47. The van der Waals surface area contributed by atoms with Crippen LogP contribution in [0, 0.1) is 5.82 Å². The summed E-state index contributed by atoms with van der Waals surface area (Å²) in [7, 11) is 0. The highest BCUT2D eigenvalue weighted by Crippen LogP contribution is 2.15. The average Bonchev–Trinajstić information content (AvgIpc) is 2.36. The van der Waals surface area contributed by atoms with Gasteiger partial charge in [0, 0.05) is 18.8 Å². The van der Waals surface area contributed by atoms with E-state index in [1.165, 1.54) is 12.1 Å². The number of benzene rings is 1. The Morgan fingerprint density at radius 1 is 1.40 bits per heavy atom. The Kier molecular flexibility index (Phi) is 4.73. The zero-order valence-electron chi connectivity index (χ0n) is 12.1. The molecule has 0 unspecified atom stereocenters. The number of morpholine rings is 1. The van der Waals surface area contributed by atoms with Crippen LogP contribution in [0.1, 0.15) is 20.8 Å². The van der Waals surface area contributed by atoms with Crippen molar-refractivity contribution in [3.05, 3.63) is 30.1 Å². The van der Waals surface area contributed by atoms with Crippen LogP contribution in [0.15, 0.2) is 24.3 Å². The number of ether oxygens (including phenoxy) is 1. The molecule has 20 heavy (non-hydrogen) atoms. The number of nitrogens with zero attached hydrogens (tertiary/aromatic N) is 1. The molecule has 110 valence electrons. The Hall–Kier alpha value is -1.46. The third kappa shape index (κ3) is 3.77. The van der Waals surface area contributed by atoms with Gasteiger partial charge in [-0.25, -0.2) is 4.39 Å². The summed E-state index contributed by atoms with van der Waals surface area (Å²) in [4.78, 5) is 14.3. The average molecular weight is 280 g/mol. The molecule has 0 saturated carbocycles. The molecular formula is C15H21FN2O2. The fourth-order valence-corrected chi connectivity index (χ4v) is 2.51. The number of amides is 1. The maximum Gasteiger partial charge on any atom is 0.241 e. The monoisotopic (exact) mass is 280 g/mol. The second kappa shape index (κ2) is 6.33. The van der Waals surface area contributed by atoms with Crippen molar-refractivity contribution in [3.63, 3.8) is 0 Å². The second-order valence-corrected chi connectivity index (χ2v) is 5.39. The van der Waals surface area contributed by atoms with Gasteiger partial charge in [0.1, 0.15) is 5.82 Å². The Labute approximate surface area is 118 Å². The van der Waals surface area contributed by atoms with Gasteiger partial charge in [-0.3, -0.25) is 9.69 Å². The summed E-state index contributed by atoms with van der Waals surface area (Å²) in [5, 5.41) is 2.75. The van der Waals surface area contributed by atoms with E-state index in [9.17, 15) is 9.18 Å². The molecule has 1 aliphatic rings. The lowest BCUT2D eigenvalue weighted by Crippen LogP contribution is -2.52. The summed E-state index contributed by atoms with van der Waals surface area (Å²) in [6, 6.07) is 5.65. The molecule has 0 aliphatic carbocycles. The number of halogens is 1. The topological polar surface area (TPSA) is 41.6 Å². The van der Waals surface area contributed by atoms with Crippen molar-refractivity contribution in [2.75, 3.05) is 18.4 Å². The first-order valence-corrected chi connectivity index (χ1v) is 6.91. The Morgan fingerprint density at radius 2 is 2.05 bits per heavy atom. The number of carbonyl (C=O) groups is 1. The molecule has 1 amide bonds. The van der Waals surface area contributed by atoms with E-state index in [0.29, 0.717) is 5.69 Å². The number of anilines is 1. The van der Waals surface area contributed by atoms with E-state index < -0.39 is 0 Å². The highest BCUT2D eigenvalue weighted by molar-refractivity contribution is 5.94. The molecule has 0 bridgehead atoms. The van der Waals surface area contributed by atoms with Crippen LogP contribution < -0.4 is 5.32 Å². The van der Waals surface area contributed by atoms with E-state index in [1.807, 2.05) is 20.8 Å².